The first kappa shape index (κ1) is 16.2. The molecule has 0 amide bonds. The summed E-state index contributed by atoms with van der Waals surface area (Å²) in [6, 6.07) is 8.15. The summed E-state index contributed by atoms with van der Waals surface area (Å²) in [4.78, 5) is 3.77. The van der Waals surface area contributed by atoms with E-state index in [-0.39, 0.29) is 16.0 Å². The Bertz CT molecular complexity index is 735. The van der Waals surface area contributed by atoms with E-state index in [0.29, 0.717) is 11.4 Å². The van der Waals surface area contributed by atoms with Crippen molar-refractivity contribution < 1.29 is 8.42 Å². The fraction of sp³-hybridized carbons (Fsp3) is 0.214. The highest BCUT2D eigenvalue weighted by molar-refractivity contribution is 7.89. The molecule has 0 aliphatic heterocycles. The quantitative estimate of drug-likeness (QED) is 0.896. The number of nitrogens with one attached hydrogen (secondary N) is 1. The van der Waals surface area contributed by atoms with E-state index < -0.39 is 10.0 Å². The second-order valence-electron chi connectivity index (χ2n) is 4.44. The monoisotopic (exact) mass is 344 g/mol. The maximum atomic E-state index is 12.4. The van der Waals surface area contributed by atoms with Gasteiger partial charge in [0, 0.05) is 23.5 Å². The second-order valence-corrected chi connectivity index (χ2v) is 6.97. The predicted octanol–water partition coefficient (Wildman–Crippen LogP) is 3.82. The average Bonchev–Trinajstić information content (AvgIpc) is 2.45. The summed E-state index contributed by atoms with van der Waals surface area (Å²) in [7, 11) is -3.75. The molecule has 0 bridgehead atoms. The van der Waals surface area contributed by atoms with Gasteiger partial charge in [-0.1, -0.05) is 42.3 Å². The SMILES string of the molecule is CCC(NS(=O)(=O)c1cnccc1Cl)c1cccc(Cl)c1. The maximum absolute atomic E-state index is 12.4. The van der Waals surface area contributed by atoms with Gasteiger partial charge in [-0.25, -0.2) is 13.1 Å². The van der Waals surface area contributed by atoms with Crippen molar-refractivity contribution in [2.75, 3.05) is 0 Å². The fourth-order valence-electron chi connectivity index (χ4n) is 1.92. The van der Waals surface area contributed by atoms with E-state index in [9.17, 15) is 8.42 Å². The highest BCUT2D eigenvalue weighted by atomic mass is 35.5. The lowest BCUT2D eigenvalue weighted by molar-refractivity contribution is 0.550. The van der Waals surface area contributed by atoms with Gasteiger partial charge < -0.3 is 0 Å². The van der Waals surface area contributed by atoms with Gasteiger partial charge in [0.1, 0.15) is 4.90 Å². The molecule has 0 spiro atoms. The van der Waals surface area contributed by atoms with Gasteiger partial charge in [-0.15, -0.1) is 0 Å². The maximum Gasteiger partial charge on any atom is 0.244 e. The lowest BCUT2D eigenvalue weighted by Crippen LogP contribution is -2.28. The van der Waals surface area contributed by atoms with Gasteiger partial charge in [0.05, 0.1) is 5.02 Å². The van der Waals surface area contributed by atoms with Crippen LogP contribution >= 0.6 is 23.2 Å². The Hall–Kier alpha value is -1.14. The number of rotatable bonds is 5. The minimum Gasteiger partial charge on any atom is -0.263 e. The molecule has 7 heteroatoms. The summed E-state index contributed by atoms with van der Waals surface area (Å²) in [5, 5.41) is 0.697. The Labute approximate surface area is 134 Å². The van der Waals surface area contributed by atoms with Crippen LogP contribution in [0.25, 0.3) is 0 Å². The van der Waals surface area contributed by atoms with Gasteiger partial charge >= 0.3 is 0 Å². The van der Waals surface area contributed by atoms with E-state index in [1.54, 1.807) is 18.2 Å². The molecule has 0 saturated heterocycles. The minimum atomic E-state index is -3.75. The van der Waals surface area contributed by atoms with Crippen molar-refractivity contribution in [2.24, 2.45) is 0 Å². The molecule has 1 aromatic carbocycles. The van der Waals surface area contributed by atoms with Crippen LogP contribution in [0.15, 0.2) is 47.6 Å². The van der Waals surface area contributed by atoms with Crippen molar-refractivity contribution in [1.82, 2.24) is 9.71 Å². The topological polar surface area (TPSA) is 59.1 Å². The molecular formula is C14H14Cl2N2O2S. The number of pyridine rings is 1. The van der Waals surface area contributed by atoms with Crippen molar-refractivity contribution in [3.05, 3.63) is 58.3 Å². The van der Waals surface area contributed by atoms with Crippen molar-refractivity contribution in [1.29, 1.82) is 0 Å². The zero-order valence-electron chi connectivity index (χ0n) is 11.3. The van der Waals surface area contributed by atoms with Gasteiger partial charge in [0.25, 0.3) is 0 Å². The molecule has 0 aliphatic rings. The molecule has 1 aromatic heterocycles. The summed E-state index contributed by atoms with van der Waals surface area (Å²) in [6.07, 6.45) is 3.25. The third-order valence-electron chi connectivity index (χ3n) is 2.98. The van der Waals surface area contributed by atoms with Crippen LogP contribution < -0.4 is 4.72 Å². The van der Waals surface area contributed by atoms with Gasteiger partial charge in [-0.05, 0) is 30.2 Å². The summed E-state index contributed by atoms with van der Waals surface area (Å²) in [5.74, 6) is 0. The van der Waals surface area contributed by atoms with E-state index in [0.717, 1.165) is 5.56 Å². The second kappa shape index (κ2) is 6.75. The van der Waals surface area contributed by atoms with Gasteiger partial charge in [0.15, 0.2) is 0 Å². The predicted molar refractivity (Wildman–Crippen MR) is 84.1 cm³/mol. The third-order valence-corrected chi connectivity index (χ3v) is 5.16. The van der Waals surface area contributed by atoms with Crippen LogP contribution in [-0.4, -0.2) is 13.4 Å². The van der Waals surface area contributed by atoms with Gasteiger partial charge in [-0.3, -0.25) is 4.98 Å². The molecule has 0 saturated carbocycles. The van der Waals surface area contributed by atoms with E-state index in [1.165, 1.54) is 18.5 Å². The molecule has 2 rings (SSSR count). The molecule has 1 atom stereocenters. The normalized spacial score (nSPS) is 13.1. The van der Waals surface area contributed by atoms with Crippen LogP contribution in [0.3, 0.4) is 0 Å². The molecule has 1 unspecified atom stereocenters. The summed E-state index contributed by atoms with van der Waals surface area (Å²) >= 11 is 11.9. The zero-order valence-corrected chi connectivity index (χ0v) is 13.6. The zero-order chi connectivity index (χ0) is 15.5. The molecular weight excluding hydrogens is 331 g/mol. The molecule has 0 aliphatic carbocycles. The van der Waals surface area contributed by atoms with E-state index in [1.807, 2.05) is 13.0 Å². The number of aromatic nitrogens is 1. The number of sulfonamides is 1. The number of hydrogen-bond donors (Lipinski definition) is 1. The van der Waals surface area contributed by atoms with Crippen LogP contribution in [-0.2, 0) is 10.0 Å². The molecule has 21 heavy (non-hydrogen) atoms. The van der Waals surface area contributed by atoms with Crippen LogP contribution in [0.1, 0.15) is 24.9 Å². The average molecular weight is 345 g/mol. The first-order chi connectivity index (χ1) is 9.94. The number of nitrogens with zero attached hydrogens (tertiary/aromatic N) is 1. The molecule has 0 radical (unpaired) electrons. The van der Waals surface area contributed by atoms with Crippen molar-refractivity contribution in [3.63, 3.8) is 0 Å². The number of hydrogen-bond acceptors (Lipinski definition) is 3. The van der Waals surface area contributed by atoms with Crippen LogP contribution in [0.2, 0.25) is 10.0 Å². The van der Waals surface area contributed by atoms with Crippen LogP contribution in [0.5, 0.6) is 0 Å². The first-order valence-electron chi connectivity index (χ1n) is 6.31. The Morgan fingerprint density at radius 1 is 1.29 bits per heavy atom. The smallest absolute Gasteiger partial charge is 0.244 e. The number of benzene rings is 1. The molecule has 4 nitrogen and oxygen atoms in total. The van der Waals surface area contributed by atoms with E-state index >= 15 is 0 Å². The van der Waals surface area contributed by atoms with Gasteiger partial charge in [0.2, 0.25) is 10.0 Å². The molecule has 112 valence electrons. The first-order valence-corrected chi connectivity index (χ1v) is 8.55. The molecule has 0 fully saturated rings. The lowest BCUT2D eigenvalue weighted by atomic mass is 10.1. The van der Waals surface area contributed by atoms with Crippen LogP contribution in [0, 0.1) is 0 Å². The summed E-state index contributed by atoms with van der Waals surface area (Å²) < 4.78 is 27.5. The highest BCUT2D eigenvalue weighted by Crippen LogP contribution is 2.25. The van der Waals surface area contributed by atoms with E-state index in [2.05, 4.69) is 9.71 Å². The van der Waals surface area contributed by atoms with Gasteiger partial charge in [-0.2, -0.15) is 0 Å². The Balaban J connectivity index is 2.32. The standard InChI is InChI=1S/C14H14Cl2N2O2S/c1-2-13(10-4-3-5-11(15)8-10)18-21(19,20)14-9-17-7-6-12(14)16/h3-9,13,18H,2H2,1H3. The summed E-state index contributed by atoms with van der Waals surface area (Å²) in [5.41, 5.74) is 0.800. The molecule has 1 N–H and O–H groups in total. The Kier molecular flexibility index (Phi) is 5.22. The lowest BCUT2D eigenvalue weighted by Gasteiger charge is -2.18. The number of halogens is 2. The Morgan fingerprint density at radius 2 is 2.05 bits per heavy atom. The third kappa shape index (κ3) is 3.95. The minimum absolute atomic E-state index is 0.0351. The highest BCUT2D eigenvalue weighted by Gasteiger charge is 2.22. The van der Waals surface area contributed by atoms with E-state index in [4.69, 9.17) is 23.2 Å². The van der Waals surface area contributed by atoms with Crippen molar-refractivity contribution in [2.45, 2.75) is 24.3 Å². The fourth-order valence-corrected chi connectivity index (χ4v) is 3.86. The Morgan fingerprint density at radius 3 is 2.67 bits per heavy atom. The van der Waals surface area contributed by atoms with Crippen molar-refractivity contribution in [3.8, 4) is 0 Å². The molecule has 1 heterocycles. The molecule has 2 aromatic rings. The van der Waals surface area contributed by atoms with Crippen molar-refractivity contribution >= 4 is 33.2 Å². The van der Waals surface area contributed by atoms with Crippen LogP contribution in [0.4, 0.5) is 0 Å². The largest absolute Gasteiger partial charge is 0.263 e. The summed E-state index contributed by atoms with van der Waals surface area (Å²) in [6.45, 7) is 1.89.